The minimum absolute atomic E-state index is 0.244. The summed E-state index contributed by atoms with van der Waals surface area (Å²) < 4.78 is 16.7. The quantitative estimate of drug-likeness (QED) is 0.172. The summed E-state index contributed by atoms with van der Waals surface area (Å²) in [7, 11) is 1.60. The van der Waals surface area contributed by atoms with Crippen LogP contribution in [-0.2, 0) is 4.79 Å². The molecule has 0 aromatic heterocycles. The molecule has 8 heteroatoms. The highest BCUT2D eigenvalue weighted by Crippen LogP contribution is 2.33. The molecule has 0 bridgehead atoms. The highest BCUT2D eigenvalue weighted by Gasteiger charge is 2.24. The van der Waals surface area contributed by atoms with Crippen molar-refractivity contribution in [2.24, 2.45) is 4.99 Å². The molecule has 190 valence electrons. The van der Waals surface area contributed by atoms with E-state index in [-0.39, 0.29) is 5.91 Å². The van der Waals surface area contributed by atoms with E-state index in [0.29, 0.717) is 39.4 Å². The van der Waals surface area contributed by atoms with Gasteiger partial charge < -0.3 is 19.5 Å². The Labute approximate surface area is 224 Å². The second-order valence-corrected chi connectivity index (χ2v) is 9.27. The van der Waals surface area contributed by atoms with Crippen LogP contribution in [0.15, 0.2) is 94.8 Å². The fourth-order valence-corrected chi connectivity index (χ4v) is 4.77. The van der Waals surface area contributed by atoms with E-state index in [2.05, 4.69) is 10.3 Å². The highest BCUT2D eigenvalue weighted by molar-refractivity contribution is 8.18. The Morgan fingerprint density at radius 3 is 2.55 bits per heavy atom. The fourth-order valence-electron chi connectivity index (χ4n) is 3.93. The molecule has 7 nitrogen and oxygen atoms in total. The molecule has 5 rings (SSSR count). The number of ether oxygens (including phenoxy) is 3. The molecule has 1 N–H and O–H groups in total. The number of thioether (sulfide) groups is 1. The van der Waals surface area contributed by atoms with E-state index in [1.165, 1.54) is 11.8 Å². The van der Waals surface area contributed by atoms with Crippen molar-refractivity contribution in [2.45, 2.75) is 6.92 Å². The van der Waals surface area contributed by atoms with Crippen LogP contribution in [-0.4, -0.2) is 30.8 Å². The molecule has 1 fully saturated rings. The molecule has 1 saturated heterocycles. The summed E-state index contributed by atoms with van der Waals surface area (Å²) >= 11 is 1.24. The van der Waals surface area contributed by atoms with Gasteiger partial charge in [-0.05, 0) is 83.6 Å². The van der Waals surface area contributed by atoms with E-state index in [1.807, 2.05) is 67.6 Å². The molecule has 0 spiro atoms. The van der Waals surface area contributed by atoms with Crippen LogP contribution in [0.3, 0.4) is 0 Å². The first-order chi connectivity index (χ1) is 18.5. The summed E-state index contributed by atoms with van der Waals surface area (Å²) in [5.74, 6) is 0.725. The number of carbonyl (C=O) groups is 2. The third-order valence-electron chi connectivity index (χ3n) is 5.73. The van der Waals surface area contributed by atoms with Gasteiger partial charge in [-0.15, -0.1) is 0 Å². The lowest BCUT2D eigenvalue weighted by molar-refractivity contribution is -0.115. The first-order valence-corrected chi connectivity index (χ1v) is 12.8. The van der Waals surface area contributed by atoms with Crippen molar-refractivity contribution in [1.29, 1.82) is 0 Å². The molecule has 0 radical (unpaired) electrons. The number of esters is 1. The fraction of sp³-hybridized carbons (Fsp3) is 0.100. The zero-order valence-corrected chi connectivity index (χ0v) is 21.6. The Morgan fingerprint density at radius 1 is 0.974 bits per heavy atom. The van der Waals surface area contributed by atoms with Gasteiger partial charge in [0, 0.05) is 0 Å². The molecule has 38 heavy (non-hydrogen) atoms. The topological polar surface area (TPSA) is 86.2 Å². The Balaban J connectivity index is 1.36. The molecule has 0 aliphatic carbocycles. The molecule has 1 amide bonds. The van der Waals surface area contributed by atoms with E-state index in [1.54, 1.807) is 37.5 Å². The Hall–Kier alpha value is -4.56. The lowest BCUT2D eigenvalue weighted by Crippen LogP contribution is -2.19. The van der Waals surface area contributed by atoms with Gasteiger partial charge in [0.15, 0.2) is 16.7 Å². The second-order valence-electron chi connectivity index (χ2n) is 8.24. The van der Waals surface area contributed by atoms with Gasteiger partial charge in [0.2, 0.25) is 0 Å². The van der Waals surface area contributed by atoms with Crippen molar-refractivity contribution in [1.82, 2.24) is 5.32 Å². The number of methoxy groups -OCH3 is 1. The van der Waals surface area contributed by atoms with Crippen molar-refractivity contribution in [3.8, 4) is 17.2 Å². The van der Waals surface area contributed by atoms with Gasteiger partial charge in [-0.1, -0.05) is 42.5 Å². The van der Waals surface area contributed by atoms with Crippen LogP contribution in [0.4, 0.5) is 5.69 Å². The number of amidine groups is 1. The Morgan fingerprint density at radius 2 is 1.76 bits per heavy atom. The van der Waals surface area contributed by atoms with Crippen LogP contribution >= 0.6 is 11.8 Å². The largest absolute Gasteiger partial charge is 0.497 e. The third-order valence-corrected chi connectivity index (χ3v) is 6.64. The average molecular weight is 525 g/mol. The number of carbonyl (C=O) groups excluding carboxylic acids is 2. The van der Waals surface area contributed by atoms with Crippen molar-refractivity contribution in [2.75, 3.05) is 13.7 Å². The maximum atomic E-state index is 13.0. The van der Waals surface area contributed by atoms with Crippen molar-refractivity contribution in [3.63, 3.8) is 0 Å². The molecule has 4 aromatic rings. The summed E-state index contributed by atoms with van der Waals surface area (Å²) in [5, 5.41) is 5.04. The van der Waals surface area contributed by atoms with Crippen molar-refractivity contribution < 1.29 is 23.8 Å². The minimum atomic E-state index is -0.473. The van der Waals surface area contributed by atoms with Gasteiger partial charge >= 0.3 is 5.97 Å². The monoisotopic (exact) mass is 524 g/mol. The summed E-state index contributed by atoms with van der Waals surface area (Å²) in [6.45, 7) is 2.23. The zero-order chi connectivity index (χ0) is 26.5. The average Bonchev–Trinajstić information content (AvgIpc) is 3.28. The smallest absolute Gasteiger partial charge is 0.344 e. The third kappa shape index (κ3) is 5.55. The number of hydrogen-bond donors (Lipinski definition) is 1. The lowest BCUT2D eigenvalue weighted by atomic mass is 10.0. The number of nitrogens with zero attached hydrogens (tertiary/aromatic N) is 1. The van der Waals surface area contributed by atoms with E-state index in [9.17, 15) is 9.59 Å². The highest BCUT2D eigenvalue weighted by atomic mass is 32.2. The first-order valence-electron chi connectivity index (χ1n) is 11.9. The van der Waals surface area contributed by atoms with E-state index >= 15 is 0 Å². The summed E-state index contributed by atoms with van der Waals surface area (Å²) in [5.41, 5.74) is 1.90. The minimum Gasteiger partial charge on any atom is -0.497 e. The van der Waals surface area contributed by atoms with Crippen LogP contribution in [0, 0.1) is 0 Å². The van der Waals surface area contributed by atoms with Gasteiger partial charge in [0.05, 0.1) is 29.9 Å². The van der Waals surface area contributed by atoms with Gasteiger partial charge in [0.1, 0.15) is 5.75 Å². The van der Waals surface area contributed by atoms with Gasteiger partial charge in [-0.25, -0.2) is 9.79 Å². The predicted octanol–water partition coefficient (Wildman–Crippen LogP) is 6.36. The van der Waals surface area contributed by atoms with Crippen LogP contribution in [0.1, 0.15) is 22.8 Å². The Bertz CT molecular complexity index is 1570. The van der Waals surface area contributed by atoms with E-state index in [4.69, 9.17) is 14.2 Å². The van der Waals surface area contributed by atoms with E-state index < -0.39 is 5.97 Å². The maximum Gasteiger partial charge on any atom is 0.344 e. The molecule has 0 atom stereocenters. The molecule has 4 aromatic carbocycles. The number of hydrogen-bond acceptors (Lipinski definition) is 7. The van der Waals surface area contributed by atoms with Gasteiger partial charge in [0.25, 0.3) is 5.91 Å². The zero-order valence-electron chi connectivity index (χ0n) is 20.8. The maximum absolute atomic E-state index is 13.0. The second kappa shape index (κ2) is 11.2. The number of rotatable bonds is 7. The van der Waals surface area contributed by atoms with Gasteiger partial charge in [-0.2, -0.15) is 0 Å². The molecule has 0 unspecified atom stereocenters. The van der Waals surface area contributed by atoms with Crippen molar-refractivity contribution >= 4 is 51.3 Å². The molecular formula is C30H24N2O5S. The molecule has 0 saturated carbocycles. The van der Waals surface area contributed by atoms with Gasteiger partial charge in [-0.3, -0.25) is 4.79 Å². The lowest BCUT2D eigenvalue weighted by Gasteiger charge is -2.12. The first kappa shape index (κ1) is 25.1. The Kier molecular flexibility index (Phi) is 7.42. The van der Waals surface area contributed by atoms with Crippen LogP contribution in [0.5, 0.6) is 17.2 Å². The van der Waals surface area contributed by atoms with E-state index in [0.717, 1.165) is 22.1 Å². The number of nitrogens with one attached hydrogen (secondary N) is 1. The number of benzene rings is 4. The normalized spacial score (nSPS) is 15.1. The molecule has 1 aliphatic rings. The summed E-state index contributed by atoms with van der Waals surface area (Å²) in [4.78, 5) is 30.6. The van der Waals surface area contributed by atoms with Crippen LogP contribution < -0.4 is 19.5 Å². The summed E-state index contributed by atoms with van der Waals surface area (Å²) in [6.07, 6.45) is 1.75. The SMILES string of the molecule is CCOc1cc(/C=C2\SC(=Nc3ccc(OC)cc3)NC2=O)ccc1OC(=O)c1cccc2ccccc12. The predicted molar refractivity (Wildman–Crippen MR) is 150 cm³/mol. The van der Waals surface area contributed by atoms with Crippen molar-refractivity contribution in [3.05, 3.63) is 101 Å². The number of aliphatic imine (C=N–C) groups is 1. The van der Waals surface area contributed by atoms with Crippen LogP contribution in [0.25, 0.3) is 16.8 Å². The molecule has 1 heterocycles. The number of amides is 1. The number of fused-ring (bicyclic) bond motifs is 1. The molecular weight excluding hydrogens is 500 g/mol. The van der Waals surface area contributed by atoms with Crippen LogP contribution in [0.2, 0.25) is 0 Å². The standard InChI is InChI=1S/C30H24N2O5S/c1-3-36-26-17-19(18-27-28(33)32-30(38-27)31-21-12-14-22(35-2)15-13-21)11-16-25(26)37-29(34)24-10-6-8-20-7-4-5-9-23(20)24/h4-18H,3H2,1-2H3,(H,31,32,33)/b27-18-. The summed E-state index contributed by atoms with van der Waals surface area (Å²) in [6, 6.07) is 25.6. The molecule has 1 aliphatic heterocycles.